The second-order valence-corrected chi connectivity index (χ2v) is 13.3. The zero-order chi connectivity index (χ0) is 26.5. The van der Waals surface area contributed by atoms with Crippen LogP contribution >= 0.6 is 0 Å². The van der Waals surface area contributed by atoms with E-state index in [1.165, 1.54) is 16.7 Å². The lowest BCUT2D eigenvalue weighted by Crippen LogP contribution is -2.67. The van der Waals surface area contributed by atoms with Gasteiger partial charge in [0.05, 0.1) is 23.7 Å². The number of nitrogens with zero attached hydrogens (tertiary/aromatic N) is 2. The molecule has 4 aliphatic rings. The van der Waals surface area contributed by atoms with E-state index in [1.54, 1.807) is 0 Å². The third kappa shape index (κ3) is 2.93. The molecule has 37 heavy (non-hydrogen) atoms. The maximum Gasteiger partial charge on any atom is 0.164 e. The minimum Gasteiger partial charge on any atom is -0.392 e. The molecule has 5 unspecified atom stereocenters. The summed E-state index contributed by atoms with van der Waals surface area (Å²) in [4.78, 5) is 13.2. The van der Waals surface area contributed by atoms with Crippen molar-refractivity contribution in [2.24, 2.45) is 34.0 Å². The van der Waals surface area contributed by atoms with Gasteiger partial charge in [-0.1, -0.05) is 57.9 Å². The van der Waals surface area contributed by atoms with Gasteiger partial charge < -0.3 is 10.2 Å². The van der Waals surface area contributed by atoms with Gasteiger partial charge in [0, 0.05) is 22.7 Å². The van der Waals surface area contributed by atoms with Crippen LogP contribution in [-0.4, -0.2) is 37.5 Å². The first-order valence-electron chi connectivity index (χ1n) is 14.2. The van der Waals surface area contributed by atoms with Crippen molar-refractivity contribution in [3.05, 3.63) is 52.9 Å². The summed E-state index contributed by atoms with van der Waals surface area (Å²) in [6.07, 6.45) is 8.21. The standard InChI is InChI=1S/C32H42N2O3/c1-7-27(35)32(37)20(3)14-25-24-13-10-22-15-26-21(18-33-34(26)23-11-8-19(2)9-12-23)16-29(22,4)31(24,6)28(36)17-30(25,32)5/h8-9,11-12,15,18,20,24-25,28,36-37H,7,10,13-14,16-17H2,1-6H3/t20-,24?,25?,28?,29?,30?,31-,32+/m1/s1. The number of carbonyl (C=O) groups excluding carboxylic acids is 1. The highest BCUT2D eigenvalue weighted by molar-refractivity contribution is 5.88. The molecule has 1 aromatic carbocycles. The highest BCUT2D eigenvalue weighted by atomic mass is 16.3. The maximum atomic E-state index is 13.2. The summed E-state index contributed by atoms with van der Waals surface area (Å²) < 4.78 is 2.05. The van der Waals surface area contributed by atoms with Crippen LogP contribution in [0.1, 0.15) is 83.5 Å². The fourth-order valence-electron chi connectivity index (χ4n) is 9.58. The number of aromatic nitrogens is 2. The normalized spacial score (nSPS) is 42.3. The zero-order valence-corrected chi connectivity index (χ0v) is 23.2. The average Bonchev–Trinajstić information content (AvgIpc) is 3.35. The molecule has 1 heterocycles. The number of allylic oxidation sites excluding steroid dienone is 1. The first-order chi connectivity index (χ1) is 17.4. The molecule has 2 aromatic rings. The number of ketones is 1. The van der Waals surface area contributed by atoms with Crippen LogP contribution in [0.15, 0.2) is 36.0 Å². The van der Waals surface area contributed by atoms with Gasteiger partial charge in [-0.2, -0.15) is 5.10 Å². The lowest BCUT2D eigenvalue weighted by molar-refractivity contribution is -0.214. The molecule has 3 saturated carbocycles. The predicted molar refractivity (Wildman–Crippen MR) is 145 cm³/mol. The number of hydrogen-bond donors (Lipinski definition) is 2. The Bertz CT molecular complexity index is 1290. The van der Waals surface area contributed by atoms with Gasteiger partial charge in [0.1, 0.15) is 5.60 Å². The van der Waals surface area contributed by atoms with E-state index in [0.717, 1.165) is 37.1 Å². The molecule has 2 N–H and O–H groups in total. The molecule has 5 heteroatoms. The summed E-state index contributed by atoms with van der Waals surface area (Å²) in [5.74, 6) is 0.305. The molecule has 8 atom stereocenters. The van der Waals surface area contributed by atoms with E-state index in [-0.39, 0.29) is 34.4 Å². The van der Waals surface area contributed by atoms with Crippen molar-refractivity contribution < 1.29 is 15.0 Å². The van der Waals surface area contributed by atoms with Gasteiger partial charge in [-0.25, -0.2) is 4.68 Å². The Morgan fingerprint density at radius 3 is 2.54 bits per heavy atom. The first kappa shape index (κ1) is 25.1. The molecule has 4 aliphatic carbocycles. The van der Waals surface area contributed by atoms with Gasteiger partial charge >= 0.3 is 0 Å². The SMILES string of the molecule is CCC(=O)[C@@]1(O)[C@H](C)CC2C3CCC4=Cc5c(cnn5-c5ccc(C)cc5)CC4(C)[C@@]3(C)C(O)CC21C. The number of benzene rings is 1. The van der Waals surface area contributed by atoms with Crippen molar-refractivity contribution in [1.29, 1.82) is 0 Å². The summed E-state index contributed by atoms with van der Waals surface area (Å²) in [5.41, 5.74) is 3.58. The van der Waals surface area contributed by atoms with Crippen molar-refractivity contribution in [3.8, 4) is 5.69 Å². The second-order valence-electron chi connectivity index (χ2n) is 13.3. The Balaban J connectivity index is 1.42. The van der Waals surface area contributed by atoms with Crippen LogP contribution in [-0.2, 0) is 11.2 Å². The first-order valence-corrected chi connectivity index (χ1v) is 14.2. The van der Waals surface area contributed by atoms with Crippen LogP contribution in [0.2, 0.25) is 0 Å². The largest absolute Gasteiger partial charge is 0.392 e. The van der Waals surface area contributed by atoms with Gasteiger partial charge in [0.15, 0.2) is 5.78 Å². The van der Waals surface area contributed by atoms with E-state index in [4.69, 9.17) is 5.10 Å². The number of aliphatic hydroxyl groups is 2. The van der Waals surface area contributed by atoms with Crippen molar-refractivity contribution in [2.45, 2.75) is 91.8 Å². The molecule has 0 radical (unpaired) electrons. The number of hydrogen-bond acceptors (Lipinski definition) is 4. The number of Topliss-reactive ketones (excluding diaryl/α,β-unsaturated/α-hetero) is 1. The summed E-state index contributed by atoms with van der Waals surface area (Å²) >= 11 is 0. The van der Waals surface area contributed by atoms with E-state index < -0.39 is 17.1 Å². The van der Waals surface area contributed by atoms with Crippen LogP contribution in [0.3, 0.4) is 0 Å². The van der Waals surface area contributed by atoms with Gasteiger partial charge in [0.25, 0.3) is 0 Å². The average molecular weight is 503 g/mol. The molecular weight excluding hydrogens is 460 g/mol. The molecule has 3 fully saturated rings. The minimum absolute atomic E-state index is 0.0609. The third-order valence-corrected chi connectivity index (χ3v) is 12.0. The molecule has 0 bridgehead atoms. The topological polar surface area (TPSA) is 75.3 Å². The summed E-state index contributed by atoms with van der Waals surface area (Å²) in [6.45, 7) is 12.7. The number of rotatable bonds is 3. The fraction of sp³-hybridized carbons (Fsp3) is 0.625. The Labute approximate surface area is 221 Å². The molecule has 5 nitrogen and oxygen atoms in total. The van der Waals surface area contributed by atoms with E-state index in [9.17, 15) is 15.0 Å². The number of fused-ring (bicyclic) bond motifs is 6. The van der Waals surface area contributed by atoms with Crippen molar-refractivity contribution in [2.75, 3.05) is 0 Å². The molecule has 0 saturated heterocycles. The van der Waals surface area contributed by atoms with Crippen molar-refractivity contribution in [1.82, 2.24) is 9.78 Å². The van der Waals surface area contributed by atoms with Gasteiger partial charge in [-0.15, -0.1) is 0 Å². The molecular formula is C32H42N2O3. The second kappa shape index (κ2) is 7.89. The Morgan fingerprint density at radius 1 is 1.16 bits per heavy atom. The minimum atomic E-state index is -1.36. The Hall–Kier alpha value is -2.24. The maximum absolute atomic E-state index is 13.2. The van der Waals surface area contributed by atoms with E-state index in [2.05, 4.69) is 62.7 Å². The molecule has 6 rings (SSSR count). The molecule has 0 amide bonds. The molecule has 0 aliphatic heterocycles. The van der Waals surface area contributed by atoms with Gasteiger partial charge in [-0.3, -0.25) is 4.79 Å². The van der Waals surface area contributed by atoms with Crippen molar-refractivity contribution >= 4 is 11.9 Å². The Morgan fingerprint density at radius 2 is 1.86 bits per heavy atom. The number of carbonyl (C=O) groups is 1. The smallest absolute Gasteiger partial charge is 0.164 e. The van der Waals surface area contributed by atoms with Crippen LogP contribution < -0.4 is 0 Å². The van der Waals surface area contributed by atoms with Gasteiger partial charge in [0.2, 0.25) is 0 Å². The lowest BCUT2D eigenvalue weighted by Gasteiger charge is -2.66. The van der Waals surface area contributed by atoms with Crippen LogP contribution in [0.25, 0.3) is 11.8 Å². The molecule has 0 spiro atoms. The monoisotopic (exact) mass is 502 g/mol. The van der Waals surface area contributed by atoms with Crippen LogP contribution in [0.4, 0.5) is 0 Å². The van der Waals surface area contributed by atoms with Crippen LogP contribution in [0.5, 0.6) is 0 Å². The van der Waals surface area contributed by atoms with E-state index >= 15 is 0 Å². The Kier molecular flexibility index (Phi) is 5.34. The number of aliphatic hydroxyl groups excluding tert-OH is 1. The third-order valence-electron chi connectivity index (χ3n) is 12.0. The van der Waals surface area contributed by atoms with Gasteiger partial charge in [-0.05, 0) is 80.6 Å². The zero-order valence-electron chi connectivity index (χ0n) is 23.2. The van der Waals surface area contributed by atoms with E-state index in [0.29, 0.717) is 12.8 Å². The highest BCUT2D eigenvalue weighted by Crippen LogP contribution is 2.73. The molecule has 1 aromatic heterocycles. The van der Waals surface area contributed by atoms with Crippen molar-refractivity contribution in [3.63, 3.8) is 0 Å². The molecule has 198 valence electrons. The van der Waals surface area contributed by atoms with Crippen LogP contribution in [0, 0.1) is 40.9 Å². The van der Waals surface area contributed by atoms with E-state index in [1.807, 2.05) is 20.0 Å². The lowest BCUT2D eigenvalue weighted by atomic mass is 9.39. The quantitative estimate of drug-likeness (QED) is 0.566. The predicted octanol–water partition coefficient (Wildman–Crippen LogP) is 5.68. The fourth-order valence-corrected chi connectivity index (χ4v) is 9.58. The summed E-state index contributed by atoms with van der Waals surface area (Å²) in [7, 11) is 0. The number of aryl methyl sites for hydroxylation is 1. The highest BCUT2D eigenvalue weighted by Gasteiger charge is 2.73. The summed E-state index contributed by atoms with van der Waals surface area (Å²) in [5, 5.41) is 28.8. The summed E-state index contributed by atoms with van der Waals surface area (Å²) in [6, 6.07) is 8.49.